The lowest BCUT2D eigenvalue weighted by molar-refractivity contribution is -0.117. The van der Waals surface area contributed by atoms with Crippen LogP contribution in [0.25, 0.3) is 0 Å². The van der Waals surface area contributed by atoms with Gasteiger partial charge in [0, 0.05) is 25.3 Å². The molecule has 0 aliphatic carbocycles. The van der Waals surface area contributed by atoms with Crippen molar-refractivity contribution in [2.45, 2.75) is 24.7 Å². The minimum Gasteiger partial charge on any atom is -0.379 e. The second-order valence-electron chi connectivity index (χ2n) is 7.07. The molecule has 2 saturated heterocycles. The van der Waals surface area contributed by atoms with Crippen molar-refractivity contribution in [1.29, 1.82) is 0 Å². The quantitative estimate of drug-likeness (QED) is 0.834. The third-order valence-corrected chi connectivity index (χ3v) is 6.77. The van der Waals surface area contributed by atoms with E-state index in [1.54, 1.807) is 24.3 Å². The third-order valence-electron chi connectivity index (χ3n) is 4.85. The van der Waals surface area contributed by atoms with E-state index in [-0.39, 0.29) is 10.8 Å². The number of rotatable bonds is 5. The molecular weight excluding hydrogens is 354 g/mol. The summed E-state index contributed by atoms with van der Waals surface area (Å²) in [4.78, 5) is 14.6. The van der Waals surface area contributed by atoms with E-state index in [9.17, 15) is 13.2 Å². The predicted octanol–water partition coefficient (Wildman–Crippen LogP) is 1.38. The molecular formula is C18H27N3O4S. The van der Waals surface area contributed by atoms with Crippen LogP contribution in [0.15, 0.2) is 29.2 Å². The zero-order valence-electron chi connectivity index (χ0n) is 15.2. The molecule has 0 saturated carbocycles. The van der Waals surface area contributed by atoms with Crippen LogP contribution >= 0.6 is 0 Å². The molecule has 2 fully saturated rings. The number of benzene rings is 1. The van der Waals surface area contributed by atoms with Crippen LogP contribution in [-0.2, 0) is 19.6 Å². The summed E-state index contributed by atoms with van der Waals surface area (Å²) in [7, 11) is -3.50. The van der Waals surface area contributed by atoms with Crippen LogP contribution in [0.4, 0.5) is 5.69 Å². The van der Waals surface area contributed by atoms with Gasteiger partial charge in [-0.25, -0.2) is 8.42 Å². The van der Waals surface area contributed by atoms with Gasteiger partial charge >= 0.3 is 0 Å². The predicted molar refractivity (Wildman–Crippen MR) is 99.5 cm³/mol. The molecule has 1 aromatic carbocycles. The molecule has 8 heteroatoms. The molecule has 1 aromatic rings. The Hall–Kier alpha value is -1.48. The molecule has 0 aromatic heterocycles. The molecule has 0 radical (unpaired) electrons. The second kappa shape index (κ2) is 8.47. The molecule has 144 valence electrons. The Morgan fingerprint density at radius 2 is 1.88 bits per heavy atom. The Morgan fingerprint density at radius 1 is 1.19 bits per heavy atom. The van der Waals surface area contributed by atoms with Gasteiger partial charge in [-0.2, -0.15) is 4.31 Å². The summed E-state index contributed by atoms with van der Waals surface area (Å²) in [6, 6.07) is 6.38. The van der Waals surface area contributed by atoms with Crippen molar-refractivity contribution in [2.24, 2.45) is 5.92 Å². The molecule has 1 unspecified atom stereocenters. The van der Waals surface area contributed by atoms with E-state index in [0.29, 0.717) is 44.5 Å². The number of anilines is 1. The standard InChI is InChI=1S/C18H27N3O4S/c1-15-3-2-8-20(13-15)14-18(22)19-16-4-6-17(7-5-16)26(23,24)21-9-11-25-12-10-21/h4-7,15H,2-3,8-14H2,1H3,(H,19,22). The molecule has 0 spiro atoms. The van der Waals surface area contributed by atoms with Gasteiger partial charge in [-0.3, -0.25) is 9.69 Å². The molecule has 0 bridgehead atoms. The number of carbonyl (C=O) groups is 1. The van der Waals surface area contributed by atoms with E-state index < -0.39 is 10.0 Å². The fourth-order valence-electron chi connectivity index (χ4n) is 3.48. The number of amides is 1. The smallest absolute Gasteiger partial charge is 0.243 e. The summed E-state index contributed by atoms with van der Waals surface area (Å²) in [6.45, 7) is 6.06. The number of morpholine rings is 1. The van der Waals surface area contributed by atoms with Gasteiger partial charge in [0.1, 0.15) is 0 Å². The minimum absolute atomic E-state index is 0.0668. The van der Waals surface area contributed by atoms with Crippen molar-refractivity contribution in [1.82, 2.24) is 9.21 Å². The minimum atomic E-state index is -3.50. The number of nitrogens with zero attached hydrogens (tertiary/aromatic N) is 2. The maximum atomic E-state index is 12.6. The summed E-state index contributed by atoms with van der Waals surface area (Å²) >= 11 is 0. The monoisotopic (exact) mass is 381 g/mol. The summed E-state index contributed by atoms with van der Waals surface area (Å²) in [6.07, 6.45) is 2.35. The zero-order chi connectivity index (χ0) is 18.6. The van der Waals surface area contributed by atoms with Gasteiger partial charge in [-0.15, -0.1) is 0 Å². The van der Waals surface area contributed by atoms with Crippen LogP contribution in [0.1, 0.15) is 19.8 Å². The van der Waals surface area contributed by atoms with E-state index in [4.69, 9.17) is 4.74 Å². The zero-order valence-corrected chi connectivity index (χ0v) is 16.0. The highest BCUT2D eigenvalue weighted by molar-refractivity contribution is 7.89. The van der Waals surface area contributed by atoms with Gasteiger partial charge in [0.2, 0.25) is 15.9 Å². The van der Waals surface area contributed by atoms with Crippen LogP contribution < -0.4 is 5.32 Å². The highest BCUT2D eigenvalue weighted by Crippen LogP contribution is 2.20. The van der Waals surface area contributed by atoms with E-state index in [1.807, 2.05) is 0 Å². The number of carbonyl (C=O) groups excluding carboxylic acids is 1. The van der Waals surface area contributed by atoms with Crippen LogP contribution in [0.2, 0.25) is 0 Å². The highest BCUT2D eigenvalue weighted by Gasteiger charge is 2.26. The molecule has 7 nitrogen and oxygen atoms in total. The van der Waals surface area contributed by atoms with E-state index >= 15 is 0 Å². The van der Waals surface area contributed by atoms with Crippen LogP contribution in [0, 0.1) is 5.92 Å². The van der Waals surface area contributed by atoms with E-state index in [2.05, 4.69) is 17.1 Å². The average Bonchev–Trinajstić information content (AvgIpc) is 2.63. The number of sulfonamides is 1. The molecule has 1 atom stereocenters. The van der Waals surface area contributed by atoms with Gasteiger partial charge in [-0.05, 0) is 49.6 Å². The largest absolute Gasteiger partial charge is 0.379 e. The first-order valence-corrected chi connectivity index (χ1v) is 10.6. The fraction of sp³-hybridized carbons (Fsp3) is 0.611. The van der Waals surface area contributed by atoms with Gasteiger partial charge in [0.05, 0.1) is 24.7 Å². The number of ether oxygens (including phenoxy) is 1. The fourth-order valence-corrected chi connectivity index (χ4v) is 4.89. The van der Waals surface area contributed by atoms with Crippen LogP contribution in [-0.4, -0.2) is 69.5 Å². The normalized spacial score (nSPS) is 22.9. The lowest BCUT2D eigenvalue weighted by atomic mass is 10.0. The number of nitrogens with one attached hydrogen (secondary N) is 1. The van der Waals surface area contributed by atoms with Crippen molar-refractivity contribution in [3.05, 3.63) is 24.3 Å². The Morgan fingerprint density at radius 3 is 2.54 bits per heavy atom. The Balaban J connectivity index is 1.57. The highest BCUT2D eigenvalue weighted by atomic mass is 32.2. The first-order valence-electron chi connectivity index (χ1n) is 9.15. The maximum Gasteiger partial charge on any atom is 0.243 e. The number of piperidine rings is 1. The summed E-state index contributed by atoms with van der Waals surface area (Å²) in [5, 5.41) is 2.85. The molecule has 1 amide bonds. The SMILES string of the molecule is CC1CCCN(CC(=O)Nc2ccc(S(=O)(=O)N3CCOCC3)cc2)C1. The maximum absolute atomic E-state index is 12.6. The molecule has 1 N–H and O–H groups in total. The van der Waals surface area contributed by atoms with E-state index in [1.165, 1.54) is 10.7 Å². The topological polar surface area (TPSA) is 79.0 Å². The van der Waals surface area contributed by atoms with Gasteiger partial charge in [-0.1, -0.05) is 6.92 Å². The van der Waals surface area contributed by atoms with Gasteiger partial charge < -0.3 is 10.1 Å². The number of hydrogen-bond acceptors (Lipinski definition) is 5. The third kappa shape index (κ3) is 4.82. The van der Waals surface area contributed by atoms with Crippen molar-refractivity contribution < 1.29 is 17.9 Å². The number of likely N-dealkylation sites (tertiary alicyclic amines) is 1. The second-order valence-corrected chi connectivity index (χ2v) is 9.01. The summed E-state index contributed by atoms with van der Waals surface area (Å²) < 4.78 is 31.8. The lowest BCUT2D eigenvalue weighted by Gasteiger charge is -2.30. The van der Waals surface area contributed by atoms with Gasteiger partial charge in [0.15, 0.2) is 0 Å². The Kier molecular flexibility index (Phi) is 6.29. The van der Waals surface area contributed by atoms with Crippen molar-refractivity contribution in [3.63, 3.8) is 0 Å². The molecule has 2 heterocycles. The number of hydrogen-bond donors (Lipinski definition) is 1. The van der Waals surface area contributed by atoms with Crippen molar-refractivity contribution >= 4 is 21.6 Å². The van der Waals surface area contributed by atoms with Crippen molar-refractivity contribution in [3.8, 4) is 0 Å². The van der Waals surface area contributed by atoms with Crippen molar-refractivity contribution in [2.75, 3.05) is 51.3 Å². The summed E-state index contributed by atoms with van der Waals surface area (Å²) in [5.41, 5.74) is 0.612. The van der Waals surface area contributed by atoms with E-state index in [0.717, 1.165) is 19.5 Å². The molecule has 3 rings (SSSR count). The van der Waals surface area contributed by atoms with Gasteiger partial charge in [0.25, 0.3) is 0 Å². The van der Waals surface area contributed by atoms with Crippen LogP contribution in [0.3, 0.4) is 0 Å². The molecule has 2 aliphatic rings. The Labute approximate surface area is 155 Å². The Bertz CT molecular complexity index is 714. The summed E-state index contributed by atoms with van der Waals surface area (Å²) in [5.74, 6) is 0.559. The molecule has 2 aliphatic heterocycles. The molecule has 26 heavy (non-hydrogen) atoms. The first kappa shape index (κ1) is 19.3. The van der Waals surface area contributed by atoms with Crippen LogP contribution in [0.5, 0.6) is 0 Å². The first-order chi connectivity index (χ1) is 12.4. The average molecular weight is 381 g/mol. The lowest BCUT2D eigenvalue weighted by Crippen LogP contribution is -2.40.